The van der Waals surface area contributed by atoms with Gasteiger partial charge in [-0.25, -0.2) is 4.39 Å². The number of halogens is 2. The normalized spacial score (nSPS) is 16.4. The molecule has 1 aliphatic rings. The van der Waals surface area contributed by atoms with Crippen LogP contribution in [0.1, 0.15) is 22.7 Å². The number of benzene rings is 3. The monoisotopic (exact) mass is 593 g/mol. The summed E-state index contributed by atoms with van der Waals surface area (Å²) in [5, 5.41) is 20.4. The van der Waals surface area contributed by atoms with Crippen LogP contribution in [-0.2, 0) is 15.3 Å². The van der Waals surface area contributed by atoms with Crippen LogP contribution >= 0.6 is 34.7 Å². The fraction of sp³-hybridized carbons (Fsp3) is 0.103. The van der Waals surface area contributed by atoms with Gasteiger partial charge in [-0.05, 0) is 53.6 Å². The standard InChI is InChI=1S/C29H21ClFN3O4S2/c1-2-15-38-21-13-9-17(10-14-21)24-23(25(35)18-7-11-20(31)12-8-18)26(36)27(37)34(24)28-32-33-29(40-28)39-16-19-5-3-4-6-22(19)30/h2-14,24,35H,1,15-16H2/b25-23-. The number of amides is 1. The second-order valence-corrected chi connectivity index (χ2v) is 11.2. The molecule has 0 aliphatic carbocycles. The number of thioether (sulfide) groups is 1. The van der Waals surface area contributed by atoms with E-state index >= 15 is 0 Å². The highest BCUT2D eigenvalue weighted by Crippen LogP contribution is 2.44. The van der Waals surface area contributed by atoms with E-state index in [0.717, 1.165) is 16.9 Å². The van der Waals surface area contributed by atoms with Gasteiger partial charge in [-0.15, -0.1) is 10.2 Å². The molecular formula is C29H21ClFN3O4S2. The number of nitrogens with zero attached hydrogens (tertiary/aromatic N) is 3. The molecule has 11 heteroatoms. The van der Waals surface area contributed by atoms with Crippen molar-refractivity contribution in [1.29, 1.82) is 0 Å². The first-order valence-corrected chi connectivity index (χ1v) is 14.2. The fourth-order valence-corrected chi connectivity index (χ4v) is 6.28. The van der Waals surface area contributed by atoms with Crippen molar-refractivity contribution in [3.8, 4) is 5.75 Å². The third kappa shape index (κ3) is 5.65. The zero-order valence-corrected chi connectivity index (χ0v) is 23.2. The van der Waals surface area contributed by atoms with Crippen molar-refractivity contribution in [1.82, 2.24) is 10.2 Å². The van der Waals surface area contributed by atoms with E-state index in [-0.39, 0.29) is 16.3 Å². The number of aromatic nitrogens is 2. The predicted molar refractivity (Wildman–Crippen MR) is 154 cm³/mol. The molecule has 4 aromatic rings. The number of rotatable bonds is 9. The SMILES string of the molecule is C=CCOc1ccc(C2/C(=C(/O)c3ccc(F)cc3)C(=O)C(=O)N2c2nnc(SCc3ccccc3Cl)s2)cc1. The van der Waals surface area contributed by atoms with Crippen molar-refractivity contribution in [2.75, 3.05) is 11.5 Å². The highest BCUT2D eigenvalue weighted by atomic mass is 35.5. The Balaban J connectivity index is 1.53. The molecule has 0 radical (unpaired) electrons. The van der Waals surface area contributed by atoms with Crippen LogP contribution in [0.15, 0.2) is 95.4 Å². The molecule has 202 valence electrons. The molecule has 0 saturated carbocycles. The van der Waals surface area contributed by atoms with E-state index in [1.165, 1.54) is 40.9 Å². The largest absolute Gasteiger partial charge is 0.507 e. The first-order chi connectivity index (χ1) is 19.4. The zero-order valence-electron chi connectivity index (χ0n) is 20.8. The van der Waals surface area contributed by atoms with Gasteiger partial charge in [-0.1, -0.05) is 77.7 Å². The molecule has 1 aromatic heterocycles. The van der Waals surface area contributed by atoms with Gasteiger partial charge in [-0.3, -0.25) is 14.5 Å². The summed E-state index contributed by atoms with van der Waals surface area (Å²) in [5.74, 6) is -1.57. The van der Waals surface area contributed by atoms with Crippen LogP contribution in [0.3, 0.4) is 0 Å². The van der Waals surface area contributed by atoms with Crippen LogP contribution in [0.5, 0.6) is 5.75 Å². The molecule has 1 unspecified atom stereocenters. The van der Waals surface area contributed by atoms with Gasteiger partial charge in [0, 0.05) is 16.3 Å². The number of ketones is 1. The summed E-state index contributed by atoms with van der Waals surface area (Å²) in [6, 6.07) is 18.3. The predicted octanol–water partition coefficient (Wildman–Crippen LogP) is 6.81. The Kier molecular flexibility index (Phi) is 8.29. The topological polar surface area (TPSA) is 92.6 Å². The summed E-state index contributed by atoms with van der Waals surface area (Å²) in [6.45, 7) is 3.94. The van der Waals surface area contributed by atoms with Crippen LogP contribution in [0.4, 0.5) is 9.52 Å². The van der Waals surface area contributed by atoms with E-state index in [0.29, 0.717) is 33.0 Å². The Bertz CT molecular complexity index is 1610. The first kappa shape index (κ1) is 27.6. The first-order valence-electron chi connectivity index (χ1n) is 12.0. The molecular weight excluding hydrogens is 573 g/mol. The zero-order chi connectivity index (χ0) is 28.2. The van der Waals surface area contributed by atoms with Gasteiger partial charge in [0.1, 0.15) is 23.9 Å². The maximum absolute atomic E-state index is 13.5. The van der Waals surface area contributed by atoms with E-state index in [9.17, 15) is 19.1 Å². The van der Waals surface area contributed by atoms with Crippen molar-refractivity contribution in [2.45, 2.75) is 16.1 Å². The van der Waals surface area contributed by atoms with E-state index in [2.05, 4.69) is 16.8 Å². The second-order valence-electron chi connectivity index (χ2n) is 8.58. The van der Waals surface area contributed by atoms with Crippen LogP contribution in [0.2, 0.25) is 5.02 Å². The van der Waals surface area contributed by atoms with Gasteiger partial charge >= 0.3 is 5.91 Å². The Morgan fingerprint density at radius 2 is 1.82 bits per heavy atom. The lowest BCUT2D eigenvalue weighted by Crippen LogP contribution is -2.29. The molecule has 0 spiro atoms. The van der Waals surface area contributed by atoms with Gasteiger partial charge in [-0.2, -0.15) is 0 Å². The summed E-state index contributed by atoms with van der Waals surface area (Å²) in [5.41, 5.74) is 1.51. The van der Waals surface area contributed by atoms with Crippen LogP contribution < -0.4 is 9.64 Å². The van der Waals surface area contributed by atoms with Gasteiger partial charge in [0.2, 0.25) is 5.13 Å². The Morgan fingerprint density at radius 1 is 1.10 bits per heavy atom. The maximum atomic E-state index is 13.5. The number of ether oxygens (including phenoxy) is 1. The lowest BCUT2D eigenvalue weighted by molar-refractivity contribution is -0.132. The van der Waals surface area contributed by atoms with Crippen LogP contribution in [-0.4, -0.2) is 33.6 Å². The number of hydrogen-bond donors (Lipinski definition) is 1. The number of aliphatic hydroxyl groups excluding tert-OH is 1. The third-order valence-electron chi connectivity index (χ3n) is 6.04. The summed E-state index contributed by atoms with van der Waals surface area (Å²) in [7, 11) is 0. The molecule has 1 atom stereocenters. The minimum atomic E-state index is -1.01. The molecule has 1 N–H and O–H groups in total. The van der Waals surface area contributed by atoms with E-state index < -0.39 is 29.3 Å². The quantitative estimate of drug-likeness (QED) is 0.0569. The summed E-state index contributed by atoms with van der Waals surface area (Å²) in [6.07, 6.45) is 1.61. The minimum Gasteiger partial charge on any atom is -0.507 e. The summed E-state index contributed by atoms with van der Waals surface area (Å²) < 4.78 is 19.7. The Labute approximate surface area is 242 Å². The highest BCUT2D eigenvalue weighted by Gasteiger charge is 2.48. The number of aliphatic hydroxyl groups is 1. The van der Waals surface area contributed by atoms with Crippen LogP contribution in [0.25, 0.3) is 5.76 Å². The average Bonchev–Trinajstić information content (AvgIpc) is 3.53. The van der Waals surface area contributed by atoms with E-state index in [1.807, 2.05) is 18.2 Å². The molecule has 1 amide bonds. The van der Waals surface area contributed by atoms with E-state index in [1.54, 1.807) is 36.4 Å². The number of Topliss-reactive ketones (excluding diaryl/α,β-unsaturated/α-hetero) is 1. The van der Waals surface area contributed by atoms with Gasteiger partial charge in [0.05, 0.1) is 11.6 Å². The number of anilines is 1. The molecule has 1 aliphatic heterocycles. The molecule has 40 heavy (non-hydrogen) atoms. The van der Waals surface area contributed by atoms with Crippen molar-refractivity contribution in [2.24, 2.45) is 0 Å². The Hall–Kier alpha value is -3.99. The van der Waals surface area contributed by atoms with Crippen LogP contribution in [0, 0.1) is 5.82 Å². The van der Waals surface area contributed by atoms with Crippen molar-refractivity contribution < 1.29 is 23.8 Å². The third-order valence-corrected chi connectivity index (χ3v) is 8.51. The van der Waals surface area contributed by atoms with Gasteiger partial charge in [0.25, 0.3) is 5.78 Å². The Morgan fingerprint density at radius 3 is 2.52 bits per heavy atom. The fourth-order valence-electron chi connectivity index (χ4n) is 4.12. The average molecular weight is 594 g/mol. The molecule has 5 rings (SSSR count). The molecule has 7 nitrogen and oxygen atoms in total. The molecule has 0 bridgehead atoms. The summed E-state index contributed by atoms with van der Waals surface area (Å²) >= 11 is 8.81. The number of hydrogen-bond acceptors (Lipinski definition) is 8. The smallest absolute Gasteiger partial charge is 0.301 e. The molecule has 2 heterocycles. The van der Waals surface area contributed by atoms with Crippen molar-refractivity contribution in [3.63, 3.8) is 0 Å². The van der Waals surface area contributed by atoms with Crippen molar-refractivity contribution >= 4 is 57.3 Å². The number of carbonyl (C=O) groups is 2. The second kappa shape index (κ2) is 12.0. The van der Waals surface area contributed by atoms with Gasteiger partial charge < -0.3 is 9.84 Å². The highest BCUT2D eigenvalue weighted by molar-refractivity contribution is 8.00. The lowest BCUT2D eigenvalue weighted by Gasteiger charge is -2.22. The van der Waals surface area contributed by atoms with E-state index in [4.69, 9.17) is 16.3 Å². The molecule has 1 saturated heterocycles. The maximum Gasteiger partial charge on any atom is 0.301 e. The minimum absolute atomic E-state index is 0.142. The number of carbonyl (C=O) groups excluding carboxylic acids is 2. The van der Waals surface area contributed by atoms with Crippen molar-refractivity contribution in [3.05, 3.63) is 119 Å². The summed E-state index contributed by atoms with van der Waals surface area (Å²) in [4.78, 5) is 27.9. The lowest BCUT2D eigenvalue weighted by atomic mass is 9.95. The molecule has 1 fully saturated rings. The van der Waals surface area contributed by atoms with Gasteiger partial charge in [0.15, 0.2) is 4.34 Å². The molecule has 3 aromatic carbocycles.